The standard InChI is InChI=1S/C17H23N5S/c1-11-5-4-6-13-14(7-8-19-15(11)13)20-9-12-10-21-17(23-3)22-16(12)18-2/h4-6,10,14,19-20H,7-9H2,1-3H3,(H,18,21,22)/i14D. The maximum Gasteiger partial charge on any atom is 0.189 e. The molecule has 5 nitrogen and oxygen atoms in total. The van der Waals surface area contributed by atoms with Crippen molar-refractivity contribution in [1.29, 1.82) is 0 Å². The highest BCUT2D eigenvalue weighted by molar-refractivity contribution is 7.98. The van der Waals surface area contributed by atoms with E-state index in [4.69, 9.17) is 1.37 Å². The number of nitrogens with one attached hydrogen (secondary N) is 3. The van der Waals surface area contributed by atoms with E-state index in [0.29, 0.717) is 13.0 Å². The Morgan fingerprint density at radius 3 is 3.13 bits per heavy atom. The molecule has 0 aliphatic carbocycles. The molecule has 122 valence electrons. The monoisotopic (exact) mass is 330 g/mol. The van der Waals surface area contributed by atoms with Crippen LogP contribution in [0.15, 0.2) is 29.6 Å². The molecule has 1 unspecified atom stereocenters. The lowest BCUT2D eigenvalue weighted by Gasteiger charge is -2.29. The summed E-state index contributed by atoms with van der Waals surface area (Å²) in [6.45, 7) is 3.41. The molecule has 0 spiro atoms. The van der Waals surface area contributed by atoms with E-state index in [-0.39, 0.29) is 0 Å². The van der Waals surface area contributed by atoms with Crippen molar-refractivity contribution >= 4 is 23.3 Å². The summed E-state index contributed by atoms with van der Waals surface area (Å²) in [5.74, 6) is 0.809. The number of benzene rings is 1. The fraction of sp³-hybridized carbons (Fsp3) is 0.412. The third-order valence-corrected chi connectivity index (χ3v) is 4.59. The number of aromatic nitrogens is 2. The quantitative estimate of drug-likeness (QED) is 0.578. The molecule has 2 aromatic rings. The minimum absolute atomic E-state index is 0.543. The second-order valence-electron chi connectivity index (χ2n) is 5.49. The summed E-state index contributed by atoms with van der Waals surface area (Å²) in [5, 5.41) is 10.7. The first-order valence-electron chi connectivity index (χ1n) is 8.24. The molecule has 0 saturated carbocycles. The summed E-state index contributed by atoms with van der Waals surface area (Å²) in [5.41, 5.74) is 4.22. The van der Waals surface area contributed by atoms with Gasteiger partial charge in [0.15, 0.2) is 5.16 Å². The van der Waals surface area contributed by atoms with Crippen LogP contribution in [0.4, 0.5) is 11.5 Å². The van der Waals surface area contributed by atoms with Crippen LogP contribution >= 0.6 is 11.8 Å². The Morgan fingerprint density at radius 2 is 2.35 bits per heavy atom. The molecule has 23 heavy (non-hydrogen) atoms. The maximum atomic E-state index is 8.94. The minimum Gasteiger partial charge on any atom is -0.384 e. The first-order chi connectivity index (χ1) is 11.6. The van der Waals surface area contributed by atoms with Gasteiger partial charge in [-0.15, -0.1) is 0 Å². The number of para-hydroxylation sites is 1. The van der Waals surface area contributed by atoms with Crippen LogP contribution in [0.25, 0.3) is 0 Å². The molecule has 0 amide bonds. The molecule has 2 heterocycles. The molecule has 1 aromatic carbocycles. The van der Waals surface area contributed by atoms with Gasteiger partial charge in [-0.25, -0.2) is 9.97 Å². The van der Waals surface area contributed by atoms with Gasteiger partial charge in [-0.3, -0.25) is 0 Å². The Kier molecular flexibility index (Phi) is 4.62. The highest BCUT2D eigenvalue weighted by Gasteiger charge is 2.20. The van der Waals surface area contributed by atoms with Crippen LogP contribution in [0, 0.1) is 6.92 Å². The second-order valence-corrected chi connectivity index (χ2v) is 6.26. The number of rotatable bonds is 5. The van der Waals surface area contributed by atoms with Gasteiger partial charge in [0.25, 0.3) is 0 Å². The van der Waals surface area contributed by atoms with Crippen molar-refractivity contribution in [3.8, 4) is 0 Å². The van der Waals surface area contributed by atoms with Crippen LogP contribution < -0.4 is 16.0 Å². The van der Waals surface area contributed by atoms with Crippen molar-refractivity contribution in [3.63, 3.8) is 0 Å². The van der Waals surface area contributed by atoms with Crippen molar-refractivity contribution in [2.45, 2.75) is 31.1 Å². The lowest BCUT2D eigenvalue weighted by Crippen LogP contribution is -2.28. The Bertz CT molecular complexity index is 739. The minimum atomic E-state index is -0.810. The van der Waals surface area contributed by atoms with Crippen LogP contribution in [0.5, 0.6) is 0 Å². The number of anilines is 2. The molecule has 3 N–H and O–H groups in total. The fourth-order valence-electron chi connectivity index (χ4n) is 2.82. The van der Waals surface area contributed by atoms with Crippen molar-refractivity contribution in [2.75, 3.05) is 30.5 Å². The van der Waals surface area contributed by atoms with Gasteiger partial charge < -0.3 is 16.0 Å². The summed E-state index contributed by atoms with van der Waals surface area (Å²) >= 11 is 1.52. The third-order valence-electron chi connectivity index (χ3n) is 4.03. The molecule has 6 heteroatoms. The topological polar surface area (TPSA) is 61.9 Å². The molecule has 1 aliphatic heterocycles. The molecule has 1 aliphatic rings. The van der Waals surface area contributed by atoms with E-state index in [1.807, 2.05) is 31.6 Å². The second kappa shape index (κ2) is 7.19. The van der Waals surface area contributed by atoms with Crippen molar-refractivity contribution in [3.05, 3.63) is 41.1 Å². The van der Waals surface area contributed by atoms with Crippen LogP contribution in [0.3, 0.4) is 0 Å². The van der Waals surface area contributed by atoms with E-state index < -0.39 is 6.02 Å². The number of nitrogens with zero attached hydrogens (tertiary/aromatic N) is 2. The van der Waals surface area contributed by atoms with Crippen molar-refractivity contribution in [1.82, 2.24) is 15.3 Å². The SMILES string of the molecule is [2H]C1(NCc2cnc(SC)nc2NC)CCNc2c(C)cccc21. The van der Waals surface area contributed by atoms with Gasteiger partial charge in [0.1, 0.15) is 5.82 Å². The van der Waals surface area contributed by atoms with Gasteiger partial charge in [-0.1, -0.05) is 30.0 Å². The predicted molar refractivity (Wildman–Crippen MR) is 97.2 cm³/mol. The normalized spacial score (nSPS) is 20.4. The Hall–Kier alpha value is -1.79. The van der Waals surface area contributed by atoms with Gasteiger partial charge in [-0.2, -0.15) is 0 Å². The molecule has 0 bridgehead atoms. The Balaban J connectivity index is 1.84. The molecule has 0 radical (unpaired) electrons. The number of aryl methyl sites for hydroxylation is 1. The largest absolute Gasteiger partial charge is 0.384 e. The van der Waals surface area contributed by atoms with Crippen LogP contribution in [-0.2, 0) is 6.54 Å². The summed E-state index contributed by atoms with van der Waals surface area (Å²) in [4.78, 5) is 8.83. The molecular weight excluding hydrogens is 306 g/mol. The van der Waals surface area contributed by atoms with E-state index in [2.05, 4.69) is 38.9 Å². The maximum absolute atomic E-state index is 8.94. The summed E-state index contributed by atoms with van der Waals surface area (Å²) in [6.07, 6.45) is 4.50. The van der Waals surface area contributed by atoms with Crippen LogP contribution in [0.2, 0.25) is 0 Å². The first-order valence-corrected chi connectivity index (χ1v) is 8.96. The zero-order valence-corrected chi connectivity index (χ0v) is 14.5. The number of hydrogen-bond acceptors (Lipinski definition) is 6. The predicted octanol–water partition coefficient (Wildman–Crippen LogP) is 3.20. The van der Waals surface area contributed by atoms with Crippen molar-refractivity contribution < 1.29 is 1.37 Å². The Labute approximate surface area is 143 Å². The summed E-state index contributed by atoms with van der Waals surface area (Å²) < 4.78 is 8.94. The van der Waals surface area contributed by atoms with E-state index in [1.165, 1.54) is 17.3 Å². The fourth-order valence-corrected chi connectivity index (χ4v) is 3.16. The van der Waals surface area contributed by atoms with E-state index >= 15 is 0 Å². The molecule has 1 atom stereocenters. The van der Waals surface area contributed by atoms with E-state index in [9.17, 15) is 0 Å². The zero-order chi connectivity index (χ0) is 17.2. The zero-order valence-electron chi connectivity index (χ0n) is 14.7. The van der Waals surface area contributed by atoms with Gasteiger partial charge in [0, 0.05) is 43.6 Å². The van der Waals surface area contributed by atoms with Gasteiger partial charge >= 0.3 is 0 Å². The first kappa shape index (κ1) is 14.8. The summed E-state index contributed by atoms with van der Waals surface area (Å²) in [7, 11) is 1.86. The van der Waals surface area contributed by atoms with Gasteiger partial charge in [-0.05, 0) is 30.7 Å². The molecule has 1 aromatic heterocycles. The van der Waals surface area contributed by atoms with Crippen molar-refractivity contribution in [2.24, 2.45) is 0 Å². The lowest BCUT2D eigenvalue weighted by atomic mass is 9.95. The van der Waals surface area contributed by atoms with Gasteiger partial charge in [0.2, 0.25) is 0 Å². The molecule has 0 fully saturated rings. The highest BCUT2D eigenvalue weighted by atomic mass is 32.2. The third kappa shape index (κ3) is 3.43. The molecule has 0 saturated heterocycles. The molecule has 3 rings (SSSR count). The lowest BCUT2D eigenvalue weighted by molar-refractivity contribution is 0.499. The Morgan fingerprint density at radius 1 is 1.48 bits per heavy atom. The highest BCUT2D eigenvalue weighted by Crippen LogP contribution is 2.32. The van der Waals surface area contributed by atoms with Crippen LogP contribution in [0.1, 0.15) is 30.5 Å². The molecular formula is C17H23N5S. The average Bonchev–Trinajstić information content (AvgIpc) is 2.61. The van der Waals surface area contributed by atoms with E-state index in [0.717, 1.165) is 34.3 Å². The smallest absolute Gasteiger partial charge is 0.189 e. The average molecular weight is 330 g/mol. The number of thioether (sulfide) groups is 1. The number of fused-ring (bicyclic) bond motifs is 1. The van der Waals surface area contributed by atoms with Crippen LogP contribution in [-0.4, -0.2) is 29.8 Å². The van der Waals surface area contributed by atoms with Gasteiger partial charge in [0.05, 0.1) is 1.37 Å². The number of hydrogen-bond donors (Lipinski definition) is 3. The van der Waals surface area contributed by atoms with E-state index in [1.54, 1.807) is 0 Å². The summed E-state index contributed by atoms with van der Waals surface area (Å²) in [6, 6.07) is 5.31.